The molecule has 1 aliphatic heterocycles. The van der Waals surface area contributed by atoms with Crippen LogP contribution in [0.2, 0.25) is 0 Å². The molecule has 1 aromatic rings. The molecule has 1 unspecified atom stereocenters. The van der Waals surface area contributed by atoms with Crippen LogP contribution in [-0.2, 0) is 11.3 Å². The van der Waals surface area contributed by atoms with Crippen molar-refractivity contribution in [2.24, 2.45) is 0 Å². The SMILES string of the molecule is O=C(CN1CCCC(O)C1)NCc1cccc(OCC(F)(F)F)c1. The number of benzene rings is 1. The van der Waals surface area contributed by atoms with Gasteiger partial charge in [0, 0.05) is 13.1 Å². The van der Waals surface area contributed by atoms with Crippen molar-refractivity contribution >= 4 is 5.91 Å². The van der Waals surface area contributed by atoms with Crippen LogP contribution >= 0.6 is 0 Å². The van der Waals surface area contributed by atoms with Crippen molar-refractivity contribution in [1.82, 2.24) is 10.2 Å². The molecule has 2 N–H and O–H groups in total. The van der Waals surface area contributed by atoms with Gasteiger partial charge in [0.2, 0.25) is 5.91 Å². The summed E-state index contributed by atoms with van der Waals surface area (Å²) in [5.41, 5.74) is 0.654. The fourth-order valence-electron chi connectivity index (χ4n) is 2.54. The Morgan fingerprint density at radius 1 is 1.42 bits per heavy atom. The molecule has 0 radical (unpaired) electrons. The normalized spacial score (nSPS) is 19.1. The fraction of sp³-hybridized carbons (Fsp3) is 0.562. The zero-order valence-corrected chi connectivity index (χ0v) is 13.2. The van der Waals surface area contributed by atoms with Crippen LogP contribution in [-0.4, -0.2) is 54.4 Å². The summed E-state index contributed by atoms with van der Waals surface area (Å²) in [6.45, 7) is 0.305. The van der Waals surface area contributed by atoms with E-state index in [1.165, 1.54) is 12.1 Å². The lowest BCUT2D eigenvalue weighted by atomic mass is 10.1. The van der Waals surface area contributed by atoms with Gasteiger partial charge < -0.3 is 15.2 Å². The Kier molecular flexibility index (Phi) is 6.44. The molecule has 1 amide bonds. The molecule has 8 heteroatoms. The number of rotatable bonds is 6. The molecule has 1 aromatic carbocycles. The Morgan fingerprint density at radius 3 is 2.92 bits per heavy atom. The molecule has 1 aliphatic rings. The molecule has 0 aromatic heterocycles. The highest BCUT2D eigenvalue weighted by molar-refractivity contribution is 5.78. The summed E-state index contributed by atoms with van der Waals surface area (Å²) in [5.74, 6) is -0.0797. The number of likely N-dealkylation sites (tertiary alicyclic amines) is 1. The largest absolute Gasteiger partial charge is 0.484 e. The summed E-state index contributed by atoms with van der Waals surface area (Å²) in [5, 5.41) is 12.3. The summed E-state index contributed by atoms with van der Waals surface area (Å²) in [6.07, 6.45) is -3.17. The van der Waals surface area contributed by atoms with E-state index in [9.17, 15) is 23.1 Å². The minimum absolute atomic E-state index is 0.109. The average Bonchev–Trinajstić information content (AvgIpc) is 2.51. The van der Waals surface area contributed by atoms with Gasteiger partial charge >= 0.3 is 6.18 Å². The first kappa shape index (κ1) is 18.5. The molecular weight excluding hydrogens is 325 g/mol. The van der Waals surface area contributed by atoms with Gasteiger partial charge in [-0.3, -0.25) is 9.69 Å². The molecule has 0 aliphatic carbocycles. The summed E-state index contributed by atoms with van der Waals surface area (Å²) >= 11 is 0. The zero-order chi connectivity index (χ0) is 17.6. The third-order valence-corrected chi connectivity index (χ3v) is 3.64. The Labute approximate surface area is 138 Å². The first-order valence-corrected chi connectivity index (χ1v) is 7.77. The standard InChI is InChI=1S/C16H21F3N2O3/c17-16(18,19)11-24-14-5-1-3-12(7-14)8-20-15(23)10-21-6-2-4-13(22)9-21/h1,3,5,7,13,22H,2,4,6,8-11H2,(H,20,23). The number of halogens is 3. The third kappa shape index (κ3) is 6.76. The Bertz CT molecular complexity index is 552. The lowest BCUT2D eigenvalue weighted by molar-refractivity contribution is -0.153. The van der Waals surface area contributed by atoms with Gasteiger partial charge in [0.05, 0.1) is 12.6 Å². The Morgan fingerprint density at radius 2 is 2.21 bits per heavy atom. The maximum Gasteiger partial charge on any atom is 0.422 e. The molecule has 1 heterocycles. The van der Waals surface area contributed by atoms with Crippen LogP contribution < -0.4 is 10.1 Å². The minimum atomic E-state index is -4.39. The second kappa shape index (κ2) is 8.34. The average molecular weight is 346 g/mol. The van der Waals surface area contributed by atoms with Gasteiger partial charge in [-0.2, -0.15) is 13.2 Å². The van der Waals surface area contributed by atoms with Crippen molar-refractivity contribution in [3.8, 4) is 5.75 Å². The number of hydrogen-bond donors (Lipinski definition) is 2. The number of hydrogen-bond acceptors (Lipinski definition) is 4. The number of nitrogens with one attached hydrogen (secondary N) is 1. The van der Waals surface area contributed by atoms with Crippen molar-refractivity contribution < 1.29 is 27.8 Å². The van der Waals surface area contributed by atoms with Crippen molar-refractivity contribution in [3.05, 3.63) is 29.8 Å². The highest BCUT2D eigenvalue weighted by Gasteiger charge is 2.28. The van der Waals surface area contributed by atoms with Gasteiger partial charge in [0.15, 0.2) is 6.61 Å². The highest BCUT2D eigenvalue weighted by atomic mass is 19.4. The van der Waals surface area contributed by atoms with E-state index in [2.05, 4.69) is 10.1 Å². The number of piperidine rings is 1. The number of nitrogens with zero attached hydrogens (tertiary/aromatic N) is 1. The lowest BCUT2D eigenvalue weighted by Gasteiger charge is -2.29. The molecule has 0 spiro atoms. The van der Waals surface area contributed by atoms with Crippen LogP contribution in [0.15, 0.2) is 24.3 Å². The molecule has 24 heavy (non-hydrogen) atoms. The van der Waals surface area contributed by atoms with Crippen molar-refractivity contribution in [2.45, 2.75) is 31.7 Å². The predicted octanol–water partition coefficient (Wildman–Crippen LogP) is 1.70. The molecule has 5 nitrogen and oxygen atoms in total. The van der Waals surface area contributed by atoms with E-state index in [1.54, 1.807) is 12.1 Å². The highest BCUT2D eigenvalue weighted by Crippen LogP contribution is 2.19. The topological polar surface area (TPSA) is 61.8 Å². The number of β-amino-alcohol motifs (C(OH)–C–C–N with tert-alkyl or cyclic N) is 1. The number of alkyl halides is 3. The summed E-state index contributed by atoms with van der Waals surface area (Å²) < 4.78 is 41.1. The number of carbonyl (C=O) groups excluding carboxylic acids is 1. The van der Waals surface area contributed by atoms with Gasteiger partial charge in [-0.25, -0.2) is 0 Å². The third-order valence-electron chi connectivity index (χ3n) is 3.64. The van der Waals surface area contributed by atoms with Crippen molar-refractivity contribution in [2.75, 3.05) is 26.2 Å². The molecule has 0 saturated carbocycles. The Balaban J connectivity index is 1.77. The number of aliphatic hydroxyl groups is 1. The Hall–Kier alpha value is -1.80. The van der Waals surface area contributed by atoms with E-state index in [0.29, 0.717) is 12.1 Å². The molecule has 1 atom stereocenters. The molecule has 2 rings (SSSR count). The quantitative estimate of drug-likeness (QED) is 0.823. The predicted molar refractivity (Wildman–Crippen MR) is 81.5 cm³/mol. The zero-order valence-electron chi connectivity index (χ0n) is 13.2. The monoisotopic (exact) mass is 346 g/mol. The van der Waals surface area contributed by atoms with Crippen LogP contribution in [0, 0.1) is 0 Å². The first-order valence-electron chi connectivity index (χ1n) is 7.77. The van der Waals surface area contributed by atoms with E-state index >= 15 is 0 Å². The number of ether oxygens (including phenoxy) is 1. The van der Waals surface area contributed by atoms with Crippen LogP contribution in [0.25, 0.3) is 0 Å². The number of carbonyl (C=O) groups is 1. The number of amides is 1. The first-order chi connectivity index (χ1) is 11.3. The molecule has 1 fully saturated rings. The van der Waals surface area contributed by atoms with E-state index in [1.807, 2.05) is 4.90 Å². The van der Waals surface area contributed by atoms with E-state index in [4.69, 9.17) is 0 Å². The van der Waals surface area contributed by atoms with Crippen LogP contribution in [0.3, 0.4) is 0 Å². The summed E-state index contributed by atoms with van der Waals surface area (Å²) in [6, 6.07) is 6.18. The van der Waals surface area contributed by atoms with Crippen molar-refractivity contribution in [1.29, 1.82) is 0 Å². The second-order valence-corrected chi connectivity index (χ2v) is 5.86. The van der Waals surface area contributed by atoms with E-state index in [0.717, 1.165) is 19.4 Å². The summed E-state index contributed by atoms with van der Waals surface area (Å²) in [4.78, 5) is 13.8. The number of aliphatic hydroxyl groups excluding tert-OH is 1. The smallest absolute Gasteiger partial charge is 0.422 e. The van der Waals surface area contributed by atoms with Crippen LogP contribution in [0.5, 0.6) is 5.75 Å². The minimum Gasteiger partial charge on any atom is -0.484 e. The maximum absolute atomic E-state index is 12.1. The second-order valence-electron chi connectivity index (χ2n) is 5.86. The van der Waals surface area contributed by atoms with Crippen molar-refractivity contribution in [3.63, 3.8) is 0 Å². The van der Waals surface area contributed by atoms with Crippen LogP contribution in [0.4, 0.5) is 13.2 Å². The van der Waals surface area contributed by atoms with Crippen LogP contribution in [0.1, 0.15) is 18.4 Å². The van der Waals surface area contributed by atoms with Gasteiger partial charge in [-0.05, 0) is 37.1 Å². The van der Waals surface area contributed by atoms with E-state index in [-0.39, 0.29) is 24.7 Å². The molecule has 0 bridgehead atoms. The van der Waals surface area contributed by atoms with Gasteiger partial charge in [0.1, 0.15) is 5.75 Å². The van der Waals surface area contributed by atoms with Gasteiger partial charge in [0.25, 0.3) is 0 Å². The van der Waals surface area contributed by atoms with Gasteiger partial charge in [-0.1, -0.05) is 12.1 Å². The fourth-order valence-corrected chi connectivity index (χ4v) is 2.54. The lowest BCUT2D eigenvalue weighted by Crippen LogP contribution is -2.44. The molecular formula is C16H21F3N2O3. The van der Waals surface area contributed by atoms with Gasteiger partial charge in [-0.15, -0.1) is 0 Å². The van der Waals surface area contributed by atoms with E-state index < -0.39 is 18.9 Å². The molecule has 134 valence electrons. The summed E-state index contributed by atoms with van der Waals surface area (Å²) in [7, 11) is 0. The maximum atomic E-state index is 12.1. The molecule has 1 saturated heterocycles.